The molecular weight excluding hydrogens is 294 g/mol. The van der Waals surface area contributed by atoms with E-state index in [9.17, 15) is 10.1 Å². The van der Waals surface area contributed by atoms with Gasteiger partial charge in [-0.1, -0.05) is 0 Å². The molecule has 0 aromatic carbocycles. The molecule has 0 aliphatic carbocycles. The van der Waals surface area contributed by atoms with E-state index in [0.717, 1.165) is 6.20 Å². The van der Waals surface area contributed by atoms with Crippen molar-refractivity contribution in [2.75, 3.05) is 18.5 Å². The van der Waals surface area contributed by atoms with Crippen molar-refractivity contribution in [1.82, 2.24) is 4.98 Å². The largest absolute Gasteiger partial charge is 0.394 e. The van der Waals surface area contributed by atoms with Crippen LogP contribution in [0, 0.1) is 17.0 Å². The lowest BCUT2D eigenvalue weighted by atomic mass is 10.2. The van der Waals surface area contributed by atoms with Gasteiger partial charge in [0, 0.05) is 12.1 Å². The predicted molar refractivity (Wildman–Crippen MR) is 64.9 cm³/mol. The summed E-state index contributed by atoms with van der Waals surface area (Å²) in [5, 5.41) is 31.2. The molecule has 8 heteroatoms. The average Bonchev–Trinajstić information content (AvgIpc) is 2.30. The van der Waals surface area contributed by atoms with E-state index < -0.39 is 11.0 Å². The first-order chi connectivity index (χ1) is 7.97. The van der Waals surface area contributed by atoms with Crippen molar-refractivity contribution < 1.29 is 15.1 Å². The van der Waals surface area contributed by atoms with Crippen LogP contribution >= 0.6 is 15.9 Å². The van der Waals surface area contributed by atoms with Crippen LogP contribution in [0.5, 0.6) is 0 Å². The Morgan fingerprint density at radius 3 is 2.88 bits per heavy atom. The van der Waals surface area contributed by atoms with E-state index >= 15 is 0 Å². The van der Waals surface area contributed by atoms with Gasteiger partial charge >= 0.3 is 0 Å². The second kappa shape index (κ2) is 5.89. The van der Waals surface area contributed by atoms with Crippen LogP contribution in [-0.2, 0) is 0 Å². The Kier molecular flexibility index (Phi) is 4.79. The predicted octanol–water partition coefficient (Wildman–Crippen LogP) is 0.826. The molecule has 0 saturated heterocycles. The van der Waals surface area contributed by atoms with Crippen molar-refractivity contribution in [1.29, 1.82) is 0 Å². The fraction of sp³-hybridized carbons (Fsp3) is 0.444. The molecule has 94 valence electrons. The fourth-order valence-corrected chi connectivity index (χ4v) is 1.60. The first kappa shape index (κ1) is 13.8. The molecule has 0 radical (unpaired) electrons. The zero-order valence-corrected chi connectivity index (χ0v) is 10.6. The minimum Gasteiger partial charge on any atom is -0.394 e. The van der Waals surface area contributed by atoms with E-state index in [1.807, 2.05) is 0 Å². The maximum absolute atomic E-state index is 10.6. The number of aromatic nitrogens is 1. The van der Waals surface area contributed by atoms with Gasteiger partial charge in [-0.05, 0) is 22.9 Å². The molecule has 7 nitrogen and oxygen atoms in total. The molecule has 0 aliphatic rings. The minimum absolute atomic E-state index is 0.0786. The number of pyridine rings is 1. The summed E-state index contributed by atoms with van der Waals surface area (Å²) in [6.07, 6.45) is 0.243. The molecular formula is C9H12BrN3O4. The van der Waals surface area contributed by atoms with Gasteiger partial charge in [0.2, 0.25) is 0 Å². The van der Waals surface area contributed by atoms with Gasteiger partial charge in [0.15, 0.2) is 0 Å². The topological polar surface area (TPSA) is 109 Å². The van der Waals surface area contributed by atoms with Crippen molar-refractivity contribution in [3.63, 3.8) is 0 Å². The lowest BCUT2D eigenvalue weighted by molar-refractivity contribution is -0.385. The number of halogens is 1. The van der Waals surface area contributed by atoms with Gasteiger partial charge in [0.25, 0.3) is 5.69 Å². The Balaban J connectivity index is 2.89. The molecule has 1 aromatic rings. The molecule has 0 bridgehead atoms. The van der Waals surface area contributed by atoms with E-state index in [0.29, 0.717) is 15.9 Å². The molecule has 17 heavy (non-hydrogen) atoms. The maximum atomic E-state index is 10.6. The van der Waals surface area contributed by atoms with Crippen molar-refractivity contribution in [3.8, 4) is 0 Å². The third-order valence-electron chi connectivity index (χ3n) is 2.15. The van der Waals surface area contributed by atoms with Crippen LogP contribution in [0.4, 0.5) is 11.5 Å². The van der Waals surface area contributed by atoms with Gasteiger partial charge in [-0.3, -0.25) is 10.1 Å². The smallest absolute Gasteiger partial charge is 0.291 e. The van der Waals surface area contributed by atoms with Gasteiger partial charge in [-0.2, -0.15) is 0 Å². The number of nitrogens with one attached hydrogen (secondary N) is 1. The van der Waals surface area contributed by atoms with Gasteiger partial charge in [0.1, 0.15) is 12.0 Å². The van der Waals surface area contributed by atoms with E-state index in [2.05, 4.69) is 26.2 Å². The molecule has 1 rings (SSSR count). The second-order valence-electron chi connectivity index (χ2n) is 3.41. The number of nitro groups is 1. The molecule has 1 atom stereocenters. The lowest BCUT2D eigenvalue weighted by Gasteiger charge is -2.11. The summed E-state index contributed by atoms with van der Waals surface area (Å²) in [6, 6.07) is 0. The van der Waals surface area contributed by atoms with Crippen LogP contribution in [0.25, 0.3) is 0 Å². The number of aliphatic hydroxyl groups excluding tert-OH is 2. The highest BCUT2D eigenvalue weighted by molar-refractivity contribution is 9.10. The van der Waals surface area contributed by atoms with Crippen LogP contribution in [0.3, 0.4) is 0 Å². The molecule has 1 heterocycles. The summed E-state index contributed by atoms with van der Waals surface area (Å²) in [5.41, 5.74) is 0.371. The Labute approximate surface area is 106 Å². The fourth-order valence-electron chi connectivity index (χ4n) is 1.16. The van der Waals surface area contributed by atoms with Gasteiger partial charge in [-0.15, -0.1) is 0 Å². The van der Waals surface area contributed by atoms with Gasteiger partial charge < -0.3 is 15.5 Å². The van der Waals surface area contributed by atoms with Crippen LogP contribution < -0.4 is 5.32 Å². The Bertz CT molecular complexity index is 427. The van der Waals surface area contributed by atoms with Crippen LogP contribution in [-0.4, -0.2) is 39.4 Å². The molecule has 0 saturated carbocycles. The number of hydrogen-bond acceptors (Lipinski definition) is 6. The summed E-state index contributed by atoms with van der Waals surface area (Å²) in [5.74, 6) is 0.389. The monoisotopic (exact) mass is 305 g/mol. The molecule has 0 fully saturated rings. The molecule has 3 N–H and O–H groups in total. The summed E-state index contributed by atoms with van der Waals surface area (Å²) in [7, 11) is 0. The molecule has 1 unspecified atom stereocenters. The molecule has 0 spiro atoms. The highest BCUT2D eigenvalue weighted by Gasteiger charge is 2.17. The van der Waals surface area contributed by atoms with Crippen molar-refractivity contribution in [3.05, 3.63) is 26.3 Å². The normalized spacial score (nSPS) is 12.2. The number of rotatable bonds is 5. The molecule has 0 amide bonds. The number of nitrogens with zero attached hydrogens (tertiary/aromatic N) is 2. The van der Waals surface area contributed by atoms with Gasteiger partial charge in [0.05, 0.1) is 22.1 Å². The van der Waals surface area contributed by atoms with Crippen molar-refractivity contribution in [2.24, 2.45) is 0 Å². The number of aliphatic hydroxyl groups is 2. The quantitative estimate of drug-likeness (QED) is 0.549. The standard InChI is InChI=1S/C9H12BrN3O4/c1-5-7(13(16)17)3-12-9(8(5)10)11-2-6(15)4-14/h3,6,14-15H,2,4H2,1H3,(H,11,12). The summed E-state index contributed by atoms with van der Waals surface area (Å²) < 4.78 is 0.469. The first-order valence-corrected chi connectivity index (χ1v) is 5.59. The van der Waals surface area contributed by atoms with Crippen LogP contribution in [0.1, 0.15) is 5.56 Å². The zero-order chi connectivity index (χ0) is 13.0. The van der Waals surface area contributed by atoms with Crippen LogP contribution in [0.15, 0.2) is 10.7 Å². The van der Waals surface area contributed by atoms with E-state index in [1.54, 1.807) is 6.92 Å². The lowest BCUT2D eigenvalue weighted by Crippen LogP contribution is -2.23. The van der Waals surface area contributed by atoms with Gasteiger partial charge in [-0.25, -0.2) is 4.98 Å². The Hall–Kier alpha value is -1.25. The first-order valence-electron chi connectivity index (χ1n) is 4.79. The third-order valence-corrected chi connectivity index (χ3v) is 3.12. The second-order valence-corrected chi connectivity index (χ2v) is 4.20. The number of hydrogen-bond donors (Lipinski definition) is 3. The summed E-state index contributed by atoms with van der Waals surface area (Å²) in [4.78, 5) is 14.0. The number of anilines is 1. The minimum atomic E-state index is -0.904. The zero-order valence-electron chi connectivity index (χ0n) is 9.05. The van der Waals surface area contributed by atoms with E-state index in [1.165, 1.54) is 0 Å². The Morgan fingerprint density at radius 2 is 2.35 bits per heavy atom. The maximum Gasteiger partial charge on any atom is 0.291 e. The highest BCUT2D eigenvalue weighted by atomic mass is 79.9. The summed E-state index contributed by atoms with van der Waals surface area (Å²) in [6.45, 7) is 1.34. The SMILES string of the molecule is Cc1c([N+](=O)[O-])cnc(NCC(O)CO)c1Br. The van der Waals surface area contributed by atoms with E-state index in [-0.39, 0.29) is 18.8 Å². The molecule has 0 aliphatic heterocycles. The Morgan fingerprint density at radius 1 is 1.71 bits per heavy atom. The van der Waals surface area contributed by atoms with Crippen molar-refractivity contribution in [2.45, 2.75) is 13.0 Å². The highest BCUT2D eigenvalue weighted by Crippen LogP contribution is 2.30. The third kappa shape index (κ3) is 3.35. The van der Waals surface area contributed by atoms with Crippen LogP contribution in [0.2, 0.25) is 0 Å². The summed E-state index contributed by atoms with van der Waals surface area (Å²) >= 11 is 3.20. The molecule has 1 aromatic heterocycles. The van der Waals surface area contributed by atoms with Crippen molar-refractivity contribution >= 4 is 27.4 Å². The van der Waals surface area contributed by atoms with E-state index in [4.69, 9.17) is 10.2 Å². The average molecular weight is 306 g/mol.